The molecule has 21 heavy (non-hydrogen) atoms. The topological polar surface area (TPSA) is 49.3 Å². The number of benzene rings is 1. The van der Waals surface area contributed by atoms with E-state index >= 15 is 0 Å². The fourth-order valence-corrected chi connectivity index (χ4v) is 2.17. The fraction of sp³-hybridized carbons (Fsp3) is 0.438. The van der Waals surface area contributed by atoms with E-state index < -0.39 is 0 Å². The Labute approximate surface area is 136 Å². The summed E-state index contributed by atoms with van der Waals surface area (Å²) in [7, 11) is 0. The number of nitrogens with one attached hydrogen (secondary N) is 1. The maximum atomic E-state index is 12.0. The van der Waals surface area contributed by atoms with Gasteiger partial charge < -0.3 is 10.4 Å². The van der Waals surface area contributed by atoms with Crippen LogP contribution in [0.2, 0.25) is 10.0 Å². The van der Waals surface area contributed by atoms with Gasteiger partial charge in [0.05, 0.1) is 10.0 Å². The van der Waals surface area contributed by atoms with E-state index in [1.54, 1.807) is 24.3 Å². The smallest absolute Gasteiger partial charge is 0.244 e. The highest BCUT2D eigenvalue weighted by molar-refractivity contribution is 6.42. The minimum atomic E-state index is -0.200. The standard InChI is InChI=1S/C16H21Cl2NO2/c1-16(2,3)14(8-9-20)19-15(21)7-5-11-4-6-12(17)13(18)10-11/h4-7,10,14,20H,8-9H2,1-3H3,(H,19,21)/b7-5+. The number of halogens is 2. The lowest BCUT2D eigenvalue weighted by atomic mass is 9.85. The normalized spacial score (nSPS) is 13.4. The molecule has 116 valence electrons. The van der Waals surface area contributed by atoms with Crippen molar-refractivity contribution in [3.63, 3.8) is 0 Å². The van der Waals surface area contributed by atoms with Crippen molar-refractivity contribution >= 4 is 35.2 Å². The summed E-state index contributed by atoms with van der Waals surface area (Å²) in [6.07, 6.45) is 3.65. The average molecular weight is 330 g/mol. The molecule has 2 N–H and O–H groups in total. The zero-order chi connectivity index (χ0) is 16.0. The average Bonchev–Trinajstić information content (AvgIpc) is 2.38. The van der Waals surface area contributed by atoms with E-state index in [0.29, 0.717) is 16.5 Å². The molecule has 0 spiro atoms. The minimum absolute atomic E-state index is 0.0404. The molecule has 1 atom stereocenters. The van der Waals surface area contributed by atoms with Crippen molar-refractivity contribution in [2.24, 2.45) is 5.41 Å². The molecule has 0 heterocycles. The van der Waals surface area contributed by atoms with Crippen molar-refractivity contribution in [2.45, 2.75) is 33.2 Å². The van der Waals surface area contributed by atoms with Crippen LogP contribution in [0.3, 0.4) is 0 Å². The lowest BCUT2D eigenvalue weighted by molar-refractivity contribution is -0.118. The van der Waals surface area contributed by atoms with E-state index in [0.717, 1.165) is 5.56 Å². The molecule has 1 aromatic rings. The van der Waals surface area contributed by atoms with Crippen molar-refractivity contribution in [1.29, 1.82) is 0 Å². The van der Waals surface area contributed by atoms with Crippen LogP contribution in [0.5, 0.6) is 0 Å². The van der Waals surface area contributed by atoms with Gasteiger partial charge in [-0.25, -0.2) is 0 Å². The van der Waals surface area contributed by atoms with Crippen LogP contribution >= 0.6 is 23.2 Å². The minimum Gasteiger partial charge on any atom is -0.396 e. The van der Waals surface area contributed by atoms with Crippen molar-refractivity contribution in [1.82, 2.24) is 5.32 Å². The second-order valence-corrected chi connectivity index (χ2v) is 6.76. The first-order valence-electron chi connectivity index (χ1n) is 6.78. The molecule has 1 amide bonds. The lowest BCUT2D eigenvalue weighted by Crippen LogP contribution is -2.43. The largest absolute Gasteiger partial charge is 0.396 e. The van der Waals surface area contributed by atoms with Crippen LogP contribution in [-0.4, -0.2) is 23.7 Å². The molecule has 0 bridgehead atoms. The number of aliphatic hydroxyl groups excluding tert-OH is 1. The Balaban J connectivity index is 2.71. The Hall–Kier alpha value is -1.03. The Morgan fingerprint density at radius 3 is 2.52 bits per heavy atom. The van der Waals surface area contributed by atoms with Gasteiger partial charge in [-0.05, 0) is 35.6 Å². The number of carbonyl (C=O) groups excluding carboxylic acids is 1. The van der Waals surface area contributed by atoms with Gasteiger partial charge in [-0.2, -0.15) is 0 Å². The monoisotopic (exact) mass is 329 g/mol. The van der Waals surface area contributed by atoms with Crippen LogP contribution in [0.25, 0.3) is 6.08 Å². The highest BCUT2D eigenvalue weighted by Crippen LogP contribution is 2.23. The third kappa shape index (κ3) is 6.08. The van der Waals surface area contributed by atoms with Crippen molar-refractivity contribution in [3.8, 4) is 0 Å². The van der Waals surface area contributed by atoms with Crippen LogP contribution in [0.1, 0.15) is 32.8 Å². The molecule has 0 aliphatic rings. The van der Waals surface area contributed by atoms with Gasteiger partial charge in [-0.1, -0.05) is 50.0 Å². The van der Waals surface area contributed by atoms with Gasteiger partial charge in [0, 0.05) is 18.7 Å². The van der Waals surface area contributed by atoms with Crippen LogP contribution in [0, 0.1) is 5.41 Å². The lowest BCUT2D eigenvalue weighted by Gasteiger charge is -2.30. The molecule has 0 aliphatic carbocycles. The Morgan fingerprint density at radius 2 is 2.00 bits per heavy atom. The van der Waals surface area contributed by atoms with Crippen molar-refractivity contribution in [2.75, 3.05) is 6.61 Å². The SMILES string of the molecule is CC(C)(C)C(CCO)NC(=O)/C=C/c1ccc(Cl)c(Cl)c1. The summed E-state index contributed by atoms with van der Waals surface area (Å²) in [4.78, 5) is 12.0. The van der Waals surface area contributed by atoms with E-state index in [4.69, 9.17) is 28.3 Å². The van der Waals surface area contributed by atoms with Crippen LogP contribution in [-0.2, 0) is 4.79 Å². The summed E-state index contributed by atoms with van der Waals surface area (Å²) in [6, 6.07) is 5.08. The number of amides is 1. The van der Waals surface area contributed by atoms with Gasteiger partial charge in [0.25, 0.3) is 0 Å². The van der Waals surface area contributed by atoms with Gasteiger partial charge in [0.15, 0.2) is 0 Å². The Kier molecular flexibility index (Phi) is 6.72. The predicted molar refractivity (Wildman–Crippen MR) is 88.6 cm³/mol. The summed E-state index contributed by atoms with van der Waals surface area (Å²) in [5.41, 5.74) is 0.685. The molecule has 1 rings (SSSR count). The van der Waals surface area contributed by atoms with E-state index in [2.05, 4.69) is 5.32 Å². The predicted octanol–water partition coefficient (Wildman–Crippen LogP) is 3.92. The van der Waals surface area contributed by atoms with Crippen molar-refractivity contribution < 1.29 is 9.90 Å². The number of aliphatic hydroxyl groups is 1. The Morgan fingerprint density at radius 1 is 1.33 bits per heavy atom. The summed E-state index contributed by atoms with van der Waals surface area (Å²) < 4.78 is 0. The highest BCUT2D eigenvalue weighted by Gasteiger charge is 2.24. The molecule has 0 fully saturated rings. The third-order valence-corrected chi connectivity index (χ3v) is 3.89. The zero-order valence-electron chi connectivity index (χ0n) is 12.5. The third-order valence-electron chi connectivity index (χ3n) is 3.15. The quantitative estimate of drug-likeness (QED) is 0.804. The number of rotatable bonds is 5. The first-order chi connectivity index (χ1) is 9.74. The molecule has 1 unspecified atom stereocenters. The molecule has 0 saturated heterocycles. The van der Waals surface area contributed by atoms with Crippen molar-refractivity contribution in [3.05, 3.63) is 39.9 Å². The molecular formula is C16H21Cl2NO2. The van der Waals surface area contributed by atoms with E-state index in [9.17, 15) is 4.79 Å². The van der Waals surface area contributed by atoms with Crippen LogP contribution < -0.4 is 5.32 Å². The van der Waals surface area contributed by atoms with Crippen LogP contribution in [0.4, 0.5) is 0 Å². The number of hydrogen-bond acceptors (Lipinski definition) is 2. The van der Waals surface area contributed by atoms with E-state index in [1.807, 2.05) is 20.8 Å². The van der Waals surface area contributed by atoms with E-state index in [-0.39, 0.29) is 24.0 Å². The van der Waals surface area contributed by atoms with Crippen LogP contribution in [0.15, 0.2) is 24.3 Å². The molecule has 5 heteroatoms. The molecule has 0 aliphatic heterocycles. The fourth-order valence-electron chi connectivity index (χ4n) is 1.86. The summed E-state index contributed by atoms with van der Waals surface area (Å²) in [5.74, 6) is -0.200. The number of carbonyl (C=O) groups is 1. The second kappa shape index (κ2) is 7.83. The molecule has 1 aromatic carbocycles. The first-order valence-corrected chi connectivity index (χ1v) is 7.54. The van der Waals surface area contributed by atoms with Gasteiger partial charge in [0.2, 0.25) is 5.91 Å². The second-order valence-electron chi connectivity index (χ2n) is 5.95. The summed E-state index contributed by atoms with van der Waals surface area (Å²) in [5, 5.41) is 12.9. The first kappa shape index (κ1) is 18.0. The molecule has 3 nitrogen and oxygen atoms in total. The van der Waals surface area contributed by atoms with Gasteiger partial charge in [0.1, 0.15) is 0 Å². The molecule has 0 radical (unpaired) electrons. The molecule has 0 aromatic heterocycles. The van der Waals surface area contributed by atoms with Gasteiger partial charge in [-0.3, -0.25) is 4.79 Å². The number of hydrogen-bond donors (Lipinski definition) is 2. The Bertz CT molecular complexity index is 521. The summed E-state index contributed by atoms with van der Waals surface area (Å²) >= 11 is 11.8. The van der Waals surface area contributed by atoms with Gasteiger partial charge >= 0.3 is 0 Å². The maximum absolute atomic E-state index is 12.0. The summed E-state index contributed by atoms with van der Waals surface area (Å²) in [6.45, 7) is 6.11. The van der Waals surface area contributed by atoms with Gasteiger partial charge in [-0.15, -0.1) is 0 Å². The molecular weight excluding hydrogens is 309 g/mol. The van der Waals surface area contributed by atoms with E-state index in [1.165, 1.54) is 6.08 Å². The maximum Gasteiger partial charge on any atom is 0.244 e. The molecule has 0 saturated carbocycles. The zero-order valence-corrected chi connectivity index (χ0v) is 14.0. The highest BCUT2D eigenvalue weighted by atomic mass is 35.5.